The van der Waals surface area contributed by atoms with Crippen LogP contribution in [0.3, 0.4) is 0 Å². The molecule has 0 radical (unpaired) electrons. The number of anilines is 1. The van der Waals surface area contributed by atoms with Crippen molar-refractivity contribution in [3.8, 4) is 0 Å². The molecule has 1 aliphatic heterocycles. The number of halogens is 5. The third kappa shape index (κ3) is 5.66. The van der Waals surface area contributed by atoms with Gasteiger partial charge >= 0.3 is 12.3 Å². The van der Waals surface area contributed by atoms with Gasteiger partial charge < -0.3 is 14.2 Å². The summed E-state index contributed by atoms with van der Waals surface area (Å²) in [5.41, 5.74) is -1.55. The van der Waals surface area contributed by atoms with E-state index in [1.54, 1.807) is 36.1 Å². The summed E-state index contributed by atoms with van der Waals surface area (Å²) >= 11 is 0. The molecular weight excluding hydrogens is 645 g/mol. The number of hydrogen-bond donors (Lipinski definition) is 0. The lowest BCUT2D eigenvalue weighted by Gasteiger charge is -2.62. The zero-order valence-electron chi connectivity index (χ0n) is 27.9. The van der Waals surface area contributed by atoms with Gasteiger partial charge in [-0.3, -0.25) is 9.69 Å². The predicted octanol–water partition coefficient (Wildman–Crippen LogP) is 8.17. The van der Waals surface area contributed by atoms with Crippen molar-refractivity contribution in [2.45, 2.75) is 108 Å². The minimum Gasteiger partial charge on any atom is -0.449 e. The molecule has 0 N–H and O–H groups in total. The first-order valence-corrected chi connectivity index (χ1v) is 16.9. The maximum atomic E-state index is 14.6. The van der Waals surface area contributed by atoms with Crippen LogP contribution in [0.1, 0.15) is 110 Å². The summed E-state index contributed by atoms with van der Waals surface area (Å²) in [5.74, 6) is -2.66. The van der Waals surface area contributed by atoms with Crippen molar-refractivity contribution in [2.24, 2.45) is 12.5 Å². The number of fused-ring (bicyclic) bond motifs is 1. The second-order valence-corrected chi connectivity index (χ2v) is 14.9. The van der Waals surface area contributed by atoms with Crippen LogP contribution < -0.4 is 4.90 Å². The van der Waals surface area contributed by atoms with E-state index in [0.29, 0.717) is 43.6 Å². The van der Waals surface area contributed by atoms with Gasteiger partial charge in [0.2, 0.25) is 5.92 Å². The first-order chi connectivity index (χ1) is 23.1. The molecule has 8 nitrogen and oxygen atoms in total. The van der Waals surface area contributed by atoms with Gasteiger partial charge in [-0.2, -0.15) is 13.2 Å². The maximum absolute atomic E-state index is 14.6. The van der Waals surface area contributed by atoms with Crippen LogP contribution in [0.2, 0.25) is 0 Å². The summed E-state index contributed by atoms with van der Waals surface area (Å²) in [7, 11) is 1.79. The average molecular weight is 686 g/mol. The Morgan fingerprint density at radius 1 is 1.08 bits per heavy atom. The molecular formula is C36H40F5N5O3. The van der Waals surface area contributed by atoms with Crippen LogP contribution >= 0.6 is 0 Å². The van der Waals surface area contributed by atoms with Crippen molar-refractivity contribution in [3.63, 3.8) is 0 Å². The number of carbonyl (C=O) groups excluding carboxylic acids is 2. The van der Waals surface area contributed by atoms with Gasteiger partial charge in [-0.1, -0.05) is 25.5 Å². The van der Waals surface area contributed by atoms with Gasteiger partial charge in [-0.25, -0.2) is 13.6 Å². The topological polar surface area (TPSA) is 80.6 Å². The number of nitrogens with zero attached hydrogens (tertiary/aromatic N) is 5. The van der Waals surface area contributed by atoms with E-state index in [1.807, 2.05) is 19.9 Å². The molecule has 0 unspecified atom stereocenters. The number of benzene rings is 2. The van der Waals surface area contributed by atoms with Gasteiger partial charge in [-0.05, 0) is 91.8 Å². The number of alkyl halides is 5. The fourth-order valence-electron chi connectivity index (χ4n) is 8.72. The van der Waals surface area contributed by atoms with Crippen LogP contribution in [0.5, 0.6) is 0 Å². The summed E-state index contributed by atoms with van der Waals surface area (Å²) < 4.78 is 79.1. The predicted molar refractivity (Wildman–Crippen MR) is 170 cm³/mol. The molecule has 3 aromatic rings. The van der Waals surface area contributed by atoms with Crippen LogP contribution in [0.4, 0.5) is 32.4 Å². The highest BCUT2D eigenvalue weighted by Gasteiger charge is 2.68. The Morgan fingerprint density at radius 3 is 2.41 bits per heavy atom. The van der Waals surface area contributed by atoms with E-state index < -0.39 is 46.0 Å². The zero-order chi connectivity index (χ0) is 35.0. The number of carbonyl (C=O) groups is 2. The summed E-state index contributed by atoms with van der Waals surface area (Å²) in [6, 6.07) is 9.54. The number of ether oxygens (including phenoxy) is 1. The number of hydrogen-bond acceptors (Lipinski definition) is 5. The maximum Gasteiger partial charge on any atom is 0.416 e. The molecule has 3 aliphatic carbocycles. The second kappa shape index (κ2) is 11.5. The molecule has 262 valence electrons. The Bertz CT molecular complexity index is 1780. The first kappa shape index (κ1) is 33.5. The number of rotatable bonds is 9. The Hall–Kier alpha value is -4.03. The van der Waals surface area contributed by atoms with Crippen LogP contribution in [0.15, 0.2) is 42.7 Å². The zero-order valence-corrected chi connectivity index (χ0v) is 27.9. The van der Waals surface area contributed by atoms with E-state index in [4.69, 9.17) is 4.74 Å². The number of aromatic nitrogens is 3. The molecule has 0 atom stereocenters. The van der Waals surface area contributed by atoms with E-state index in [-0.39, 0.29) is 49.2 Å². The fraction of sp³-hybridized carbons (Fsp3) is 0.556. The monoisotopic (exact) mass is 685 g/mol. The largest absolute Gasteiger partial charge is 0.449 e. The third-order valence-electron chi connectivity index (χ3n) is 11.2. The van der Waals surface area contributed by atoms with E-state index >= 15 is 0 Å². The van der Waals surface area contributed by atoms with Crippen molar-refractivity contribution in [1.29, 1.82) is 0 Å². The van der Waals surface area contributed by atoms with Gasteiger partial charge in [-0.15, -0.1) is 10.2 Å². The van der Waals surface area contributed by atoms with Gasteiger partial charge in [0.05, 0.1) is 24.1 Å². The van der Waals surface area contributed by atoms with Crippen molar-refractivity contribution in [3.05, 3.63) is 76.4 Å². The lowest BCUT2D eigenvalue weighted by atomic mass is 9.42. The molecule has 3 saturated carbocycles. The molecule has 1 spiro atoms. The highest BCUT2D eigenvalue weighted by Crippen LogP contribution is 2.70. The van der Waals surface area contributed by atoms with Gasteiger partial charge in [0.25, 0.3) is 5.91 Å². The highest BCUT2D eigenvalue weighted by atomic mass is 19.4. The molecule has 1 aromatic heterocycles. The highest BCUT2D eigenvalue weighted by molar-refractivity contribution is 6.10. The van der Waals surface area contributed by atoms with Crippen molar-refractivity contribution in [1.82, 2.24) is 19.7 Å². The Kier molecular flexibility index (Phi) is 7.86. The van der Waals surface area contributed by atoms with Gasteiger partial charge in [0, 0.05) is 43.2 Å². The minimum absolute atomic E-state index is 0.0596. The lowest BCUT2D eigenvalue weighted by Crippen LogP contribution is -2.61. The van der Waals surface area contributed by atoms with Crippen LogP contribution in [0, 0.1) is 5.41 Å². The number of aryl methyl sites for hydroxylation is 1. The van der Waals surface area contributed by atoms with E-state index in [9.17, 15) is 31.5 Å². The fourth-order valence-corrected chi connectivity index (χ4v) is 8.72. The third-order valence-corrected chi connectivity index (χ3v) is 11.2. The standard InChI is InChI=1S/C36H40F5N5O3/c1-4-5-12-49-31(48)46(32(2)10-7-11-32)16-23-13-26-27(28(14-23)36(39,40)41)17-45(29(26)47)25-9-6-8-24(15-25)34(30-43-42-22-44(30)3)18-33(19-34)20-35(37,38)21-33/h6,8-9,13-15,22H,4-5,7,10-12,16-21H2,1-3H3. The Morgan fingerprint density at radius 2 is 1.82 bits per heavy atom. The summed E-state index contributed by atoms with van der Waals surface area (Å²) in [6.07, 6.45) is 0.493. The van der Waals surface area contributed by atoms with E-state index in [1.165, 1.54) is 15.9 Å². The van der Waals surface area contributed by atoms with Crippen LogP contribution in [0.25, 0.3) is 0 Å². The Balaban J connectivity index is 1.21. The number of unbranched alkanes of at least 4 members (excludes halogenated alkanes) is 1. The average Bonchev–Trinajstić information content (AvgIpc) is 3.58. The molecule has 13 heteroatoms. The summed E-state index contributed by atoms with van der Waals surface area (Å²) in [4.78, 5) is 30.0. The van der Waals surface area contributed by atoms with Crippen molar-refractivity contribution >= 4 is 17.7 Å². The SMILES string of the molecule is CCCCOC(=O)N(Cc1cc2c(c(C(F)(F)F)c1)CN(c1cccc(C3(c4nncn4C)CC4(CC(F)(F)C4)C3)c1)C2=O)C1(C)CCC1. The van der Waals surface area contributed by atoms with Gasteiger partial charge in [0.15, 0.2) is 0 Å². The van der Waals surface area contributed by atoms with E-state index in [2.05, 4.69) is 10.2 Å². The first-order valence-electron chi connectivity index (χ1n) is 16.9. The van der Waals surface area contributed by atoms with Crippen LogP contribution in [-0.4, -0.2) is 49.7 Å². The molecule has 2 heterocycles. The van der Waals surface area contributed by atoms with Crippen molar-refractivity contribution in [2.75, 3.05) is 11.5 Å². The molecule has 7 rings (SSSR count). The molecule has 0 bridgehead atoms. The molecule has 49 heavy (non-hydrogen) atoms. The molecule has 2 amide bonds. The normalized spacial score (nSPS) is 21.1. The molecule has 3 fully saturated rings. The van der Waals surface area contributed by atoms with E-state index in [0.717, 1.165) is 24.5 Å². The molecule has 4 aliphatic rings. The van der Waals surface area contributed by atoms with Crippen LogP contribution in [-0.2, 0) is 36.5 Å². The Labute approximate surface area is 281 Å². The summed E-state index contributed by atoms with van der Waals surface area (Å²) in [6.45, 7) is 3.68. The minimum atomic E-state index is -4.74. The molecule has 0 saturated heterocycles. The smallest absolute Gasteiger partial charge is 0.416 e. The van der Waals surface area contributed by atoms with Gasteiger partial charge in [0.1, 0.15) is 12.2 Å². The molecule has 2 aromatic carbocycles. The quantitative estimate of drug-likeness (QED) is 0.168. The second-order valence-electron chi connectivity index (χ2n) is 14.9. The van der Waals surface area contributed by atoms with Crippen molar-refractivity contribution < 1.29 is 36.3 Å². The lowest BCUT2D eigenvalue weighted by molar-refractivity contribution is -0.209. The summed E-state index contributed by atoms with van der Waals surface area (Å²) in [5, 5.41) is 8.37. The number of amides is 2.